The fourth-order valence-corrected chi connectivity index (χ4v) is 1.92. The number of nitrogens with two attached hydrogens (primary N) is 1. The second-order valence-corrected chi connectivity index (χ2v) is 4.70. The maximum absolute atomic E-state index is 8.80. The number of hydrogen-bond donors (Lipinski definition) is 2. The first kappa shape index (κ1) is 15.0. The number of nitrogens with zero attached hydrogens (tertiary/aromatic N) is 1. The van der Waals surface area contributed by atoms with Crippen molar-refractivity contribution in [3.05, 3.63) is 58.6 Å². The van der Waals surface area contributed by atoms with E-state index in [1.165, 1.54) is 7.11 Å². The average Bonchev–Trinajstić information content (AvgIpc) is 2.53. The molecule has 0 aliphatic heterocycles. The first-order valence-electron chi connectivity index (χ1n) is 6.17. The molecule has 0 atom stereocenters. The van der Waals surface area contributed by atoms with Gasteiger partial charge in [0.05, 0.1) is 12.7 Å². The minimum Gasteiger partial charge on any atom is -0.496 e. The number of hydrogen-bond acceptors (Lipinski definition) is 4. The molecule has 0 saturated carbocycles. The smallest absolute Gasteiger partial charge is 0.173 e. The molecule has 5 nitrogen and oxygen atoms in total. The minimum absolute atomic E-state index is 0.0137. The second-order valence-electron chi connectivity index (χ2n) is 4.26. The Balaban J connectivity index is 2.15. The van der Waals surface area contributed by atoms with Crippen molar-refractivity contribution in [3.63, 3.8) is 0 Å². The van der Waals surface area contributed by atoms with Crippen LogP contribution >= 0.6 is 11.6 Å². The molecule has 0 aromatic heterocycles. The van der Waals surface area contributed by atoms with Gasteiger partial charge in [-0.2, -0.15) is 0 Å². The number of benzene rings is 2. The molecule has 2 aromatic carbocycles. The summed E-state index contributed by atoms with van der Waals surface area (Å²) in [5.41, 5.74) is 7.01. The Morgan fingerprint density at radius 1 is 1.24 bits per heavy atom. The van der Waals surface area contributed by atoms with E-state index in [1.807, 2.05) is 6.07 Å². The topological polar surface area (TPSA) is 77.1 Å². The summed E-state index contributed by atoms with van der Waals surface area (Å²) in [6, 6.07) is 12.4. The third-order valence-corrected chi connectivity index (χ3v) is 3.12. The highest BCUT2D eigenvalue weighted by Gasteiger charge is 2.09. The number of ether oxygens (including phenoxy) is 2. The largest absolute Gasteiger partial charge is 0.496 e. The van der Waals surface area contributed by atoms with Crippen molar-refractivity contribution in [3.8, 4) is 11.5 Å². The summed E-state index contributed by atoms with van der Waals surface area (Å²) in [6.45, 7) is 0.345. The van der Waals surface area contributed by atoms with E-state index in [2.05, 4.69) is 5.16 Å². The molecule has 6 heteroatoms. The lowest BCUT2D eigenvalue weighted by molar-refractivity contribution is 0.305. The Kier molecular flexibility index (Phi) is 4.90. The Hall–Kier alpha value is -2.40. The van der Waals surface area contributed by atoms with Gasteiger partial charge in [0.2, 0.25) is 0 Å². The second kappa shape index (κ2) is 6.85. The van der Waals surface area contributed by atoms with E-state index in [9.17, 15) is 0 Å². The predicted molar refractivity (Wildman–Crippen MR) is 81.3 cm³/mol. The van der Waals surface area contributed by atoms with E-state index >= 15 is 0 Å². The fraction of sp³-hybridized carbons (Fsp3) is 0.133. The van der Waals surface area contributed by atoms with Gasteiger partial charge in [-0.15, -0.1) is 0 Å². The highest BCUT2D eigenvalue weighted by molar-refractivity contribution is 6.30. The molecule has 0 aliphatic rings. The maximum Gasteiger partial charge on any atom is 0.173 e. The molecule has 0 saturated heterocycles. The molecule has 110 valence electrons. The summed E-state index contributed by atoms with van der Waals surface area (Å²) in [4.78, 5) is 0. The zero-order valence-corrected chi connectivity index (χ0v) is 12.2. The Labute approximate surface area is 127 Å². The lowest BCUT2D eigenvalue weighted by atomic mass is 10.1. The number of amidine groups is 1. The van der Waals surface area contributed by atoms with Crippen LogP contribution in [0.2, 0.25) is 5.02 Å². The molecule has 0 amide bonds. The molecule has 0 radical (unpaired) electrons. The van der Waals surface area contributed by atoms with Crippen LogP contribution in [-0.4, -0.2) is 18.2 Å². The van der Waals surface area contributed by atoms with Gasteiger partial charge in [-0.05, 0) is 42.0 Å². The fourth-order valence-electron chi connectivity index (χ4n) is 1.80. The summed E-state index contributed by atoms with van der Waals surface area (Å²) in [5.74, 6) is 1.22. The van der Waals surface area contributed by atoms with Crippen molar-refractivity contribution in [1.82, 2.24) is 0 Å². The molecule has 0 aliphatic carbocycles. The van der Waals surface area contributed by atoms with Crippen LogP contribution in [0.25, 0.3) is 0 Å². The van der Waals surface area contributed by atoms with Gasteiger partial charge in [-0.1, -0.05) is 22.8 Å². The van der Waals surface area contributed by atoms with Crippen LogP contribution in [0.3, 0.4) is 0 Å². The number of halogens is 1. The monoisotopic (exact) mass is 306 g/mol. The van der Waals surface area contributed by atoms with Crippen LogP contribution in [0, 0.1) is 0 Å². The summed E-state index contributed by atoms with van der Waals surface area (Å²) in [5, 5.41) is 12.4. The van der Waals surface area contributed by atoms with Crippen LogP contribution in [0.4, 0.5) is 0 Å². The Morgan fingerprint density at radius 2 is 1.95 bits per heavy atom. The third kappa shape index (κ3) is 3.79. The van der Waals surface area contributed by atoms with Gasteiger partial charge in [0.1, 0.15) is 18.1 Å². The summed E-state index contributed by atoms with van der Waals surface area (Å²) >= 11 is 5.81. The lowest BCUT2D eigenvalue weighted by Gasteiger charge is -2.11. The van der Waals surface area contributed by atoms with E-state index < -0.39 is 0 Å². The van der Waals surface area contributed by atoms with Gasteiger partial charge < -0.3 is 20.4 Å². The average molecular weight is 307 g/mol. The van der Waals surface area contributed by atoms with Crippen molar-refractivity contribution in [1.29, 1.82) is 0 Å². The van der Waals surface area contributed by atoms with Gasteiger partial charge in [-0.25, -0.2) is 0 Å². The van der Waals surface area contributed by atoms with Crippen molar-refractivity contribution in [2.24, 2.45) is 10.9 Å². The molecule has 21 heavy (non-hydrogen) atoms. The van der Waals surface area contributed by atoms with Crippen LogP contribution in [0.5, 0.6) is 11.5 Å². The predicted octanol–water partition coefficient (Wildman–Crippen LogP) is 3.02. The SMILES string of the molecule is COc1ccc(COc2ccc(Cl)cc2)cc1C(N)=NO. The molecule has 2 aromatic rings. The van der Waals surface area contributed by atoms with Crippen LogP contribution in [0.1, 0.15) is 11.1 Å². The first-order valence-corrected chi connectivity index (χ1v) is 6.55. The molecule has 0 spiro atoms. The zero-order chi connectivity index (χ0) is 15.2. The van der Waals surface area contributed by atoms with Crippen molar-refractivity contribution >= 4 is 17.4 Å². The standard InChI is InChI=1S/C15H15ClN2O3/c1-20-14-7-2-10(8-13(14)15(17)18-19)9-21-12-5-3-11(16)4-6-12/h2-8,19H,9H2,1H3,(H2,17,18). The molecular formula is C15H15ClN2O3. The van der Waals surface area contributed by atoms with Gasteiger partial charge >= 0.3 is 0 Å². The molecule has 0 bridgehead atoms. The van der Waals surface area contributed by atoms with Crippen LogP contribution in [-0.2, 0) is 6.61 Å². The third-order valence-electron chi connectivity index (χ3n) is 2.87. The van der Waals surface area contributed by atoms with E-state index in [-0.39, 0.29) is 5.84 Å². The van der Waals surface area contributed by atoms with E-state index in [4.69, 9.17) is 32.0 Å². The van der Waals surface area contributed by atoms with Crippen molar-refractivity contribution in [2.45, 2.75) is 6.61 Å². The summed E-state index contributed by atoms with van der Waals surface area (Å²) < 4.78 is 10.8. The molecule has 2 rings (SSSR count). The normalized spacial score (nSPS) is 11.2. The van der Waals surface area contributed by atoms with Crippen molar-refractivity contribution in [2.75, 3.05) is 7.11 Å². The molecule has 0 unspecified atom stereocenters. The van der Waals surface area contributed by atoms with Gasteiger partial charge in [0.25, 0.3) is 0 Å². The quantitative estimate of drug-likeness (QED) is 0.385. The molecule has 3 N–H and O–H groups in total. The number of methoxy groups -OCH3 is 1. The van der Waals surface area contributed by atoms with Crippen molar-refractivity contribution < 1.29 is 14.7 Å². The van der Waals surface area contributed by atoms with Gasteiger partial charge in [-0.3, -0.25) is 0 Å². The number of oxime groups is 1. The minimum atomic E-state index is -0.0137. The van der Waals surface area contributed by atoms with Crippen LogP contribution < -0.4 is 15.2 Å². The molecule has 0 fully saturated rings. The highest BCUT2D eigenvalue weighted by atomic mass is 35.5. The molecular weight excluding hydrogens is 292 g/mol. The Bertz CT molecular complexity index is 642. The summed E-state index contributed by atoms with van der Waals surface area (Å²) in [6.07, 6.45) is 0. The lowest BCUT2D eigenvalue weighted by Crippen LogP contribution is -2.15. The van der Waals surface area contributed by atoms with Gasteiger partial charge in [0.15, 0.2) is 5.84 Å². The van der Waals surface area contributed by atoms with Gasteiger partial charge in [0, 0.05) is 5.02 Å². The Morgan fingerprint density at radius 3 is 2.57 bits per heavy atom. The van der Waals surface area contributed by atoms with Crippen LogP contribution in [0.15, 0.2) is 47.6 Å². The zero-order valence-electron chi connectivity index (χ0n) is 11.4. The highest BCUT2D eigenvalue weighted by Crippen LogP contribution is 2.21. The van der Waals surface area contributed by atoms with E-state index in [0.29, 0.717) is 28.7 Å². The first-order chi connectivity index (χ1) is 10.1. The van der Waals surface area contributed by atoms with E-state index in [0.717, 1.165) is 5.56 Å². The maximum atomic E-state index is 8.80. The van der Waals surface area contributed by atoms with E-state index in [1.54, 1.807) is 36.4 Å². The molecule has 0 heterocycles. The summed E-state index contributed by atoms with van der Waals surface area (Å²) in [7, 11) is 1.52. The number of rotatable bonds is 5.